The van der Waals surface area contributed by atoms with Crippen LogP contribution in [0.15, 0.2) is 22.7 Å². The van der Waals surface area contributed by atoms with E-state index in [1.165, 1.54) is 24.8 Å². The summed E-state index contributed by atoms with van der Waals surface area (Å²) in [5.74, 6) is 7.46. The maximum Gasteiger partial charge on any atom is 0.119 e. The molecule has 2 rings (SSSR count). The van der Waals surface area contributed by atoms with E-state index in [2.05, 4.69) is 21.4 Å². The third-order valence-corrected chi connectivity index (χ3v) is 4.06. The van der Waals surface area contributed by atoms with E-state index in [4.69, 9.17) is 10.6 Å². The molecule has 0 amide bonds. The van der Waals surface area contributed by atoms with E-state index in [1.54, 1.807) is 7.11 Å². The van der Waals surface area contributed by atoms with Gasteiger partial charge in [-0.1, -0.05) is 28.8 Å². The monoisotopic (exact) mass is 298 g/mol. The summed E-state index contributed by atoms with van der Waals surface area (Å²) in [4.78, 5) is 0. The van der Waals surface area contributed by atoms with Crippen LogP contribution in [0.1, 0.15) is 37.3 Å². The molecule has 1 aliphatic carbocycles. The maximum absolute atomic E-state index is 5.66. The van der Waals surface area contributed by atoms with Gasteiger partial charge in [0, 0.05) is 10.5 Å². The van der Waals surface area contributed by atoms with Gasteiger partial charge >= 0.3 is 0 Å². The number of nitrogens with two attached hydrogens (primary N) is 1. The second-order valence-electron chi connectivity index (χ2n) is 4.63. The minimum atomic E-state index is 0.195. The van der Waals surface area contributed by atoms with Crippen molar-refractivity contribution in [3.8, 4) is 5.75 Å². The fourth-order valence-electron chi connectivity index (χ4n) is 2.05. The lowest BCUT2D eigenvalue weighted by Crippen LogP contribution is -2.28. The van der Waals surface area contributed by atoms with Crippen molar-refractivity contribution in [2.75, 3.05) is 7.11 Å². The van der Waals surface area contributed by atoms with Crippen LogP contribution in [0, 0.1) is 5.92 Å². The van der Waals surface area contributed by atoms with Gasteiger partial charge in [0.25, 0.3) is 0 Å². The Balaban J connectivity index is 2.09. The topological polar surface area (TPSA) is 47.3 Å². The first-order valence-electron chi connectivity index (χ1n) is 6.04. The van der Waals surface area contributed by atoms with Gasteiger partial charge in [-0.05, 0) is 42.5 Å². The van der Waals surface area contributed by atoms with Crippen LogP contribution in [0.3, 0.4) is 0 Å². The van der Waals surface area contributed by atoms with Crippen LogP contribution in [0.25, 0.3) is 0 Å². The van der Waals surface area contributed by atoms with Crippen molar-refractivity contribution in [3.63, 3.8) is 0 Å². The Hall–Kier alpha value is -0.580. The van der Waals surface area contributed by atoms with Gasteiger partial charge in [-0.2, -0.15) is 0 Å². The first-order valence-corrected chi connectivity index (χ1v) is 6.83. The summed E-state index contributed by atoms with van der Waals surface area (Å²) >= 11 is 3.57. The number of ether oxygens (including phenoxy) is 1. The van der Waals surface area contributed by atoms with Gasteiger partial charge < -0.3 is 4.74 Å². The van der Waals surface area contributed by atoms with Crippen molar-refractivity contribution in [2.24, 2.45) is 11.8 Å². The Bertz CT molecular complexity index is 380. The molecule has 0 aromatic heterocycles. The van der Waals surface area contributed by atoms with Crippen LogP contribution in [0.5, 0.6) is 5.75 Å². The molecule has 1 atom stereocenters. The second-order valence-corrected chi connectivity index (χ2v) is 5.48. The standard InChI is InChI=1S/C13H19BrN2O/c1-17-10-5-6-12(14)11(8-10)13(16-15)7-4-9-2-3-9/h5-6,8-9,13,16H,2-4,7,15H2,1H3. The Morgan fingerprint density at radius 3 is 2.88 bits per heavy atom. The molecule has 0 spiro atoms. The number of hydrogen-bond donors (Lipinski definition) is 2. The summed E-state index contributed by atoms with van der Waals surface area (Å²) in [5.41, 5.74) is 4.08. The van der Waals surface area contributed by atoms with Crippen LogP contribution in [0.2, 0.25) is 0 Å². The molecule has 0 aliphatic heterocycles. The van der Waals surface area contributed by atoms with Gasteiger partial charge in [0.2, 0.25) is 0 Å². The predicted octanol–water partition coefficient (Wildman–Crippen LogP) is 3.15. The summed E-state index contributed by atoms with van der Waals surface area (Å²) in [6.07, 6.45) is 5.10. The molecule has 1 saturated carbocycles. The van der Waals surface area contributed by atoms with E-state index >= 15 is 0 Å². The van der Waals surface area contributed by atoms with E-state index in [0.717, 1.165) is 22.6 Å². The predicted molar refractivity (Wildman–Crippen MR) is 72.7 cm³/mol. The van der Waals surface area contributed by atoms with Crippen molar-refractivity contribution < 1.29 is 4.74 Å². The third kappa shape index (κ3) is 3.44. The van der Waals surface area contributed by atoms with E-state index < -0.39 is 0 Å². The lowest BCUT2D eigenvalue weighted by Gasteiger charge is -2.18. The minimum absolute atomic E-state index is 0.195. The molecular weight excluding hydrogens is 280 g/mol. The summed E-state index contributed by atoms with van der Waals surface area (Å²) in [6, 6.07) is 6.19. The van der Waals surface area contributed by atoms with Crippen molar-refractivity contribution >= 4 is 15.9 Å². The molecular formula is C13H19BrN2O. The zero-order valence-electron chi connectivity index (χ0n) is 10.1. The van der Waals surface area contributed by atoms with E-state index in [9.17, 15) is 0 Å². The molecule has 3 nitrogen and oxygen atoms in total. The fourth-order valence-corrected chi connectivity index (χ4v) is 2.58. The number of benzene rings is 1. The van der Waals surface area contributed by atoms with Crippen LogP contribution in [-0.2, 0) is 0 Å². The van der Waals surface area contributed by atoms with Gasteiger partial charge in [0.15, 0.2) is 0 Å². The normalized spacial score (nSPS) is 16.9. The zero-order valence-corrected chi connectivity index (χ0v) is 11.7. The fraction of sp³-hybridized carbons (Fsp3) is 0.538. The van der Waals surface area contributed by atoms with Crippen molar-refractivity contribution in [1.82, 2.24) is 5.43 Å². The van der Waals surface area contributed by atoms with E-state index in [-0.39, 0.29) is 6.04 Å². The Morgan fingerprint density at radius 1 is 1.53 bits per heavy atom. The number of methoxy groups -OCH3 is 1. The molecule has 1 aromatic rings. The molecule has 94 valence electrons. The number of rotatable bonds is 6. The number of hydrazine groups is 1. The number of nitrogens with one attached hydrogen (secondary N) is 1. The van der Waals surface area contributed by atoms with E-state index in [1.807, 2.05) is 18.2 Å². The van der Waals surface area contributed by atoms with Crippen LogP contribution in [0.4, 0.5) is 0 Å². The summed E-state index contributed by atoms with van der Waals surface area (Å²) in [6.45, 7) is 0. The molecule has 1 unspecified atom stereocenters. The summed E-state index contributed by atoms with van der Waals surface area (Å²) in [5, 5.41) is 0. The first-order chi connectivity index (χ1) is 8.24. The Kier molecular flexibility index (Phi) is 4.42. The van der Waals surface area contributed by atoms with Crippen LogP contribution in [-0.4, -0.2) is 7.11 Å². The Labute approximate surface area is 111 Å². The van der Waals surface area contributed by atoms with Gasteiger partial charge in [-0.15, -0.1) is 0 Å². The highest BCUT2D eigenvalue weighted by Gasteiger charge is 2.23. The highest BCUT2D eigenvalue weighted by molar-refractivity contribution is 9.10. The Morgan fingerprint density at radius 2 is 2.29 bits per heavy atom. The molecule has 1 aromatic carbocycles. The maximum atomic E-state index is 5.66. The molecule has 1 fully saturated rings. The number of halogens is 1. The lowest BCUT2D eigenvalue weighted by molar-refractivity contribution is 0.411. The van der Waals surface area contributed by atoms with Crippen molar-refractivity contribution in [2.45, 2.75) is 31.7 Å². The number of hydrogen-bond acceptors (Lipinski definition) is 3. The molecule has 0 bridgehead atoms. The first kappa shape index (κ1) is 12.9. The molecule has 0 heterocycles. The van der Waals surface area contributed by atoms with Gasteiger partial charge in [0.1, 0.15) is 5.75 Å². The van der Waals surface area contributed by atoms with Crippen molar-refractivity contribution in [3.05, 3.63) is 28.2 Å². The molecule has 0 saturated heterocycles. The summed E-state index contributed by atoms with van der Waals surface area (Å²) in [7, 11) is 1.68. The average Bonchev–Trinajstić information content (AvgIpc) is 3.16. The highest BCUT2D eigenvalue weighted by atomic mass is 79.9. The lowest BCUT2D eigenvalue weighted by atomic mass is 10.0. The quantitative estimate of drug-likeness (QED) is 0.626. The summed E-state index contributed by atoms with van der Waals surface area (Å²) < 4.78 is 6.33. The van der Waals surface area contributed by atoms with Gasteiger partial charge in [-0.25, -0.2) is 0 Å². The van der Waals surface area contributed by atoms with Gasteiger partial charge in [-0.3, -0.25) is 11.3 Å². The second kappa shape index (κ2) is 5.85. The molecule has 17 heavy (non-hydrogen) atoms. The molecule has 3 N–H and O–H groups in total. The average molecular weight is 299 g/mol. The SMILES string of the molecule is COc1ccc(Br)c(C(CCC2CC2)NN)c1. The van der Waals surface area contributed by atoms with E-state index in [0.29, 0.717) is 0 Å². The highest BCUT2D eigenvalue weighted by Crippen LogP contribution is 2.37. The largest absolute Gasteiger partial charge is 0.497 e. The molecule has 0 radical (unpaired) electrons. The van der Waals surface area contributed by atoms with Crippen LogP contribution < -0.4 is 16.0 Å². The molecule has 4 heteroatoms. The third-order valence-electron chi connectivity index (χ3n) is 3.34. The minimum Gasteiger partial charge on any atom is -0.497 e. The molecule has 1 aliphatic rings. The van der Waals surface area contributed by atoms with Crippen LogP contribution >= 0.6 is 15.9 Å². The van der Waals surface area contributed by atoms with Crippen molar-refractivity contribution in [1.29, 1.82) is 0 Å². The van der Waals surface area contributed by atoms with Gasteiger partial charge in [0.05, 0.1) is 7.11 Å². The zero-order chi connectivity index (χ0) is 12.3. The smallest absolute Gasteiger partial charge is 0.119 e.